The zero-order chi connectivity index (χ0) is 13.4. The molecular weight excluding hydrogens is 244 g/mol. The highest BCUT2D eigenvalue weighted by Gasteiger charge is 2.22. The van der Waals surface area contributed by atoms with Gasteiger partial charge in [0.15, 0.2) is 5.65 Å². The molecule has 2 aromatic rings. The van der Waals surface area contributed by atoms with Crippen LogP contribution in [0.25, 0.3) is 5.65 Å². The first-order valence-corrected chi connectivity index (χ1v) is 6.27. The quantitative estimate of drug-likeness (QED) is 0.760. The highest BCUT2D eigenvalue weighted by Crippen LogP contribution is 2.13. The maximum Gasteiger partial charge on any atom is 0.254 e. The normalized spacial score (nSPS) is 16.1. The number of carbonyl (C=O) groups excluding carboxylic acids is 2. The summed E-state index contributed by atoms with van der Waals surface area (Å²) in [6, 6.07) is 3.50. The molecule has 3 rings (SSSR count). The molecule has 0 bridgehead atoms. The van der Waals surface area contributed by atoms with Gasteiger partial charge in [-0.05, 0) is 19.1 Å². The third-order valence-electron chi connectivity index (χ3n) is 3.44. The Balaban J connectivity index is 1.87. The molecule has 0 atom stereocenters. The van der Waals surface area contributed by atoms with Crippen LogP contribution in [-0.2, 0) is 4.79 Å². The van der Waals surface area contributed by atoms with E-state index in [2.05, 4.69) is 10.2 Å². The summed E-state index contributed by atoms with van der Waals surface area (Å²) < 4.78 is 1.83. The fourth-order valence-electron chi connectivity index (χ4n) is 2.29. The highest BCUT2D eigenvalue weighted by atomic mass is 16.2. The van der Waals surface area contributed by atoms with E-state index in [1.165, 1.54) is 0 Å². The third-order valence-corrected chi connectivity index (χ3v) is 3.44. The van der Waals surface area contributed by atoms with E-state index < -0.39 is 0 Å². The molecule has 0 aromatic carbocycles. The lowest BCUT2D eigenvalue weighted by Crippen LogP contribution is -2.38. The maximum atomic E-state index is 12.3. The van der Waals surface area contributed by atoms with Gasteiger partial charge in [-0.1, -0.05) is 0 Å². The molecule has 1 aliphatic heterocycles. The van der Waals surface area contributed by atoms with Crippen molar-refractivity contribution in [2.75, 3.05) is 13.1 Å². The number of likely N-dealkylation sites (tertiary alicyclic amines) is 1. The van der Waals surface area contributed by atoms with Crippen LogP contribution in [0.1, 0.15) is 29.0 Å². The van der Waals surface area contributed by atoms with Crippen LogP contribution >= 0.6 is 0 Å². The van der Waals surface area contributed by atoms with Gasteiger partial charge >= 0.3 is 0 Å². The van der Waals surface area contributed by atoms with Crippen molar-refractivity contribution in [2.45, 2.75) is 19.8 Å². The molecule has 3 heterocycles. The molecule has 19 heavy (non-hydrogen) atoms. The molecule has 0 aliphatic carbocycles. The van der Waals surface area contributed by atoms with Gasteiger partial charge in [-0.15, -0.1) is 10.2 Å². The summed E-state index contributed by atoms with van der Waals surface area (Å²) >= 11 is 0. The van der Waals surface area contributed by atoms with Crippen LogP contribution < -0.4 is 0 Å². The van der Waals surface area contributed by atoms with Crippen molar-refractivity contribution in [3.05, 3.63) is 29.7 Å². The highest BCUT2D eigenvalue weighted by molar-refractivity contribution is 5.96. The molecule has 1 amide bonds. The van der Waals surface area contributed by atoms with Crippen molar-refractivity contribution in [1.82, 2.24) is 19.5 Å². The number of carbonyl (C=O) groups is 2. The van der Waals surface area contributed by atoms with E-state index in [1.54, 1.807) is 23.2 Å². The van der Waals surface area contributed by atoms with Gasteiger partial charge in [0.25, 0.3) is 5.91 Å². The average Bonchev–Trinajstić information content (AvgIpc) is 2.80. The summed E-state index contributed by atoms with van der Waals surface area (Å²) in [5, 5.41) is 7.97. The molecule has 0 radical (unpaired) electrons. The summed E-state index contributed by atoms with van der Waals surface area (Å²) in [4.78, 5) is 25.2. The minimum absolute atomic E-state index is 0.0457. The van der Waals surface area contributed by atoms with E-state index in [0.29, 0.717) is 37.1 Å². The van der Waals surface area contributed by atoms with Crippen molar-refractivity contribution in [3.8, 4) is 0 Å². The van der Waals surface area contributed by atoms with Crippen molar-refractivity contribution >= 4 is 17.3 Å². The smallest absolute Gasteiger partial charge is 0.254 e. The number of Topliss-reactive ketones (excluding diaryl/α,β-unsaturated/α-hetero) is 1. The Morgan fingerprint density at radius 1 is 1.26 bits per heavy atom. The summed E-state index contributed by atoms with van der Waals surface area (Å²) in [6.07, 6.45) is 2.71. The monoisotopic (exact) mass is 258 g/mol. The molecule has 1 aliphatic rings. The van der Waals surface area contributed by atoms with Crippen LogP contribution in [0.3, 0.4) is 0 Å². The van der Waals surface area contributed by atoms with Gasteiger partial charge in [-0.3, -0.25) is 14.0 Å². The van der Waals surface area contributed by atoms with Crippen LogP contribution in [0.15, 0.2) is 18.3 Å². The second-order valence-corrected chi connectivity index (χ2v) is 4.72. The first-order valence-electron chi connectivity index (χ1n) is 6.27. The predicted octanol–water partition coefficient (Wildman–Crippen LogP) is 0.843. The SMILES string of the molecule is Cc1nnc2cc(C(=O)N3CCC(=O)CC3)ccn12. The average molecular weight is 258 g/mol. The Bertz CT molecular complexity index is 652. The van der Waals surface area contributed by atoms with Crippen LogP contribution in [0.2, 0.25) is 0 Å². The van der Waals surface area contributed by atoms with Crippen molar-refractivity contribution in [2.24, 2.45) is 0 Å². The molecule has 2 aromatic heterocycles. The number of fused-ring (bicyclic) bond motifs is 1. The van der Waals surface area contributed by atoms with Crippen molar-refractivity contribution in [1.29, 1.82) is 0 Å². The molecule has 6 heteroatoms. The number of rotatable bonds is 1. The second kappa shape index (κ2) is 4.46. The van der Waals surface area contributed by atoms with E-state index in [4.69, 9.17) is 0 Å². The number of ketones is 1. The molecule has 0 unspecified atom stereocenters. The lowest BCUT2D eigenvalue weighted by Gasteiger charge is -2.26. The van der Waals surface area contributed by atoms with Gasteiger partial charge in [-0.2, -0.15) is 0 Å². The van der Waals surface area contributed by atoms with Gasteiger partial charge in [-0.25, -0.2) is 0 Å². The second-order valence-electron chi connectivity index (χ2n) is 4.72. The molecule has 0 spiro atoms. The third kappa shape index (κ3) is 2.09. The lowest BCUT2D eigenvalue weighted by atomic mass is 10.1. The summed E-state index contributed by atoms with van der Waals surface area (Å²) in [5.41, 5.74) is 1.26. The zero-order valence-corrected chi connectivity index (χ0v) is 10.7. The fourth-order valence-corrected chi connectivity index (χ4v) is 2.29. The minimum Gasteiger partial charge on any atom is -0.338 e. The molecule has 0 N–H and O–H groups in total. The first-order chi connectivity index (χ1) is 9.15. The first kappa shape index (κ1) is 11.8. The fraction of sp³-hybridized carbons (Fsp3) is 0.385. The number of hydrogen-bond acceptors (Lipinski definition) is 4. The summed E-state index contributed by atoms with van der Waals surface area (Å²) in [6.45, 7) is 2.88. The molecular formula is C13H14N4O2. The topological polar surface area (TPSA) is 67.6 Å². The van der Waals surface area contributed by atoms with Crippen LogP contribution in [-0.4, -0.2) is 44.3 Å². The molecule has 1 fully saturated rings. The Labute approximate surface area is 110 Å². The van der Waals surface area contributed by atoms with E-state index in [9.17, 15) is 9.59 Å². The van der Waals surface area contributed by atoms with Crippen LogP contribution in [0, 0.1) is 6.92 Å². The number of aryl methyl sites for hydroxylation is 1. The lowest BCUT2D eigenvalue weighted by molar-refractivity contribution is -0.120. The molecule has 98 valence electrons. The number of piperidine rings is 1. The van der Waals surface area contributed by atoms with Crippen molar-refractivity contribution in [3.63, 3.8) is 0 Å². The van der Waals surface area contributed by atoms with Gasteiger partial charge in [0, 0.05) is 37.7 Å². The Hall–Kier alpha value is -2.24. The number of hydrogen-bond donors (Lipinski definition) is 0. The maximum absolute atomic E-state index is 12.3. The van der Waals surface area contributed by atoms with E-state index >= 15 is 0 Å². The van der Waals surface area contributed by atoms with E-state index in [-0.39, 0.29) is 11.7 Å². The van der Waals surface area contributed by atoms with Gasteiger partial charge in [0.1, 0.15) is 11.6 Å². The number of amides is 1. The number of aromatic nitrogens is 3. The Morgan fingerprint density at radius 3 is 2.74 bits per heavy atom. The molecule has 0 saturated carbocycles. The minimum atomic E-state index is -0.0457. The van der Waals surface area contributed by atoms with E-state index in [0.717, 1.165) is 5.82 Å². The zero-order valence-electron chi connectivity index (χ0n) is 10.7. The van der Waals surface area contributed by atoms with E-state index in [1.807, 2.05) is 11.3 Å². The Morgan fingerprint density at radius 2 is 2.00 bits per heavy atom. The van der Waals surface area contributed by atoms with Gasteiger partial charge < -0.3 is 4.90 Å². The van der Waals surface area contributed by atoms with Crippen LogP contribution in [0.4, 0.5) is 0 Å². The standard InChI is InChI=1S/C13H14N4O2/c1-9-14-15-12-8-10(2-7-17(9)12)13(19)16-5-3-11(18)4-6-16/h2,7-8H,3-6H2,1H3. The summed E-state index contributed by atoms with van der Waals surface area (Å²) in [7, 11) is 0. The van der Waals surface area contributed by atoms with Gasteiger partial charge in [0.2, 0.25) is 0 Å². The summed E-state index contributed by atoms with van der Waals surface area (Å²) in [5.74, 6) is 0.973. The molecule has 1 saturated heterocycles. The molecule has 6 nitrogen and oxygen atoms in total. The van der Waals surface area contributed by atoms with Crippen LogP contribution in [0.5, 0.6) is 0 Å². The van der Waals surface area contributed by atoms with Crippen molar-refractivity contribution < 1.29 is 9.59 Å². The Kier molecular flexibility index (Phi) is 2.77. The largest absolute Gasteiger partial charge is 0.338 e. The van der Waals surface area contributed by atoms with Gasteiger partial charge in [0.05, 0.1) is 0 Å². The number of nitrogens with zero attached hydrogens (tertiary/aromatic N) is 4. The number of pyridine rings is 1. The predicted molar refractivity (Wildman–Crippen MR) is 67.9 cm³/mol.